The Morgan fingerprint density at radius 3 is 2.29 bits per heavy atom. The van der Waals surface area contributed by atoms with Gasteiger partial charge < -0.3 is 25.4 Å². The van der Waals surface area contributed by atoms with Gasteiger partial charge >= 0.3 is 6.09 Å². The summed E-state index contributed by atoms with van der Waals surface area (Å²) in [4.78, 5) is 40.9. The molecule has 1 rings (SSSR count). The van der Waals surface area contributed by atoms with E-state index < -0.39 is 29.7 Å². The SMILES string of the molecule is CCCC(C)NC(=O)C(c1ccccc1)N(CCO)C(=O)C(CCSC)NC(=O)OC(C)(C)C. The van der Waals surface area contributed by atoms with Crippen molar-refractivity contribution in [3.8, 4) is 0 Å². The Morgan fingerprint density at radius 1 is 1.12 bits per heavy atom. The standard InChI is InChI=1S/C25H41N3O5S/c1-7-11-18(2)26-22(30)21(19-12-9-8-10-13-19)28(15-16-29)23(31)20(14-17-34-6)27-24(32)33-25(3,4)5/h8-10,12-13,18,20-21,29H,7,11,14-17H2,1-6H3,(H,26,30)(H,27,32). The fourth-order valence-electron chi connectivity index (χ4n) is 3.55. The molecule has 3 amide bonds. The third kappa shape index (κ3) is 10.3. The van der Waals surface area contributed by atoms with E-state index in [4.69, 9.17) is 4.74 Å². The quantitative estimate of drug-likeness (QED) is 0.387. The molecule has 0 bridgehead atoms. The number of benzene rings is 1. The van der Waals surface area contributed by atoms with Crippen molar-refractivity contribution in [2.75, 3.05) is 25.2 Å². The van der Waals surface area contributed by atoms with Crippen molar-refractivity contribution in [2.45, 2.75) is 77.6 Å². The molecule has 3 unspecified atom stereocenters. The fourth-order valence-corrected chi connectivity index (χ4v) is 4.02. The minimum absolute atomic E-state index is 0.0558. The molecular formula is C25H41N3O5S. The lowest BCUT2D eigenvalue weighted by atomic mass is 10.0. The van der Waals surface area contributed by atoms with Crippen molar-refractivity contribution in [1.82, 2.24) is 15.5 Å². The molecule has 0 aromatic heterocycles. The largest absolute Gasteiger partial charge is 0.444 e. The first-order valence-corrected chi connectivity index (χ1v) is 13.2. The number of alkyl carbamates (subject to hydrolysis) is 1. The zero-order chi connectivity index (χ0) is 25.7. The number of ether oxygens (including phenoxy) is 1. The normalized spacial score (nSPS) is 14.0. The predicted octanol–water partition coefficient (Wildman–Crippen LogP) is 3.50. The van der Waals surface area contributed by atoms with Crippen LogP contribution in [0.4, 0.5) is 4.79 Å². The number of nitrogens with one attached hydrogen (secondary N) is 2. The van der Waals surface area contributed by atoms with Gasteiger partial charge in [0.2, 0.25) is 11.8 Å². The van der Waals surface area contributed by atoms with Gasteiger partial charge in [0.1, 0.15) is 17.7 Å². The molecule has 0 heterocycles. The van der Waals surface area contributed by atoms with Crippen LogP contribution in [0.3, 0.4) is 0 Å². The molecule has 8 nitrogen and oxygen atoms in total. The Bertz CT molecular complexity index is 770. The number of hydrogen-bond acceptors (Lipinski definition) is 6. The van der Waals surface area contributed by atoms with E-state index in [0.29, 0.717) is 17.7 Å². The van der Waals surface area contributed by atoms with Gasteiger partial charge in [0.05, 0.1) is 6.61 Å². The first-order chi connectivity index (χ1) is 16.0. The average molecular weight is 496 g/mol. The van der Waals surface area contributed by atoms with Gasteiger partial charge in [-0.15, -0.1) is 0 Å². The van der Waals surface area contributed by atoms with Crippen LogP contribution in [-0.4, -0.2) is 70.8 Å². The molecule has 192 valence electrons. The number of aliphatic hydroxyl groups excluding tert-OH is 1. The molecular weight excluding hydrogens is 454 g/mol. The monoisotopic (exact) mass is 495 g/mol. The van der Waals surface area contributed by atoms with Crippen LogP contribution in [0.25, 0.3) is 0 Å². The van der Waals surface area contributed by atoms with Gasteiger partial charge in [-0.25, -0.2) is 4.79 Å². The number of aliphatic hydroxyl groups is 1. The zero-order valence-electron chi connectivity index (χ0n) is 21.3. The molecule has 1 aromatic rings. The summed E-state index contributed by atoms with van der Waals surface area (Å²) in [5.74, 6) is -0.148. The lowest BCUT2D eigenvalue weighted by Gasteiger charge is -2.34. The molecule has 1 aromatic carbocycles. The van der Waals surface area contributed by atoms with Crippen LogP contribution in [-0.2, 0) is 14.3 Å². The molecule has 0 aliphatic carbocycles. The Labute approximate surface area is 208 Å². The summed E-state index contributed by atoms with van der Waals surface area (Å²) in [6.45, 7) is 8.82. The van der Waals surface area contributed by atoms with E-state index in [1.165, 1.54) is 4.90 Å². The van der Waals surface area contributed by atoms with E-state index in [1.54, 1.807) is 56.8 Å². The highest BCUT2D eigenvalue weighted by Gasteiger charge is 2.36. The molecule has 0 spiro atoms. The van der Waals surface area contributed by atoms with Gasteiger partial charge in [-0.3, -0.25) is 9.59 Å². The molecule has 0 saturated heterocycles. The summed E-state index contributed by atoms with van der Waals surface area (Å²) in [5.41, 5.74) is -0.0875. The Kier molecular flexibility index (Phi) is 13.0. The molecule has 0 aliphatic rings. The third-order valence-corrected chi connectivity index (χ3v) is 5.65. The van der Waals surface area contributed by atoms with Crippen LogP contribution in [0.15, 0.2) is 30.3 Å². The first kappa shape index (κ1) is 29.8. The average Bonchev–Trinajstić information content (AvgIpc) is 2.75. The van der Waals surface area contributed by atoms with E-state index in [-0.39, 0.29) is 25.1 Å². The van der Waals surface area contributed by atoms with Crippen molar-refractivity contribution < 1.29 is 24.2 Å². The van der Waals surface area contributed by atoms with Crippen molar-refractivity contribution in [2.24, 2.45) is 0 Å². The minimum atomic E-state index is -0.947. The topological polar surface area (TPSA) is 108 Å². The minimum Gasteiger partial charge on any atom is -0.444 e. The lowest BCUT2D eigenvalue weighted by molar-refractivity contribution is -0.143. The second-order valence-corrected chi connectivity index (χ2v) is 10.2. The summed E-state index contributed by atoms with van der Waals surface area (Å²) in [5, 5.41) is 15.5. The number of thioether (sulfide) groups is 1. The fraction of sp³-hybridized carbons (Fsp3) is 0.640. The maximum atomic E-state index is 13.7. The highest BCUT2D eigenvalue weighted by molar-refractivity contribution is 7.98. The van der Waals surface area contributed by atoms with Crippen molar-refractivity contribution in [1.29, 1.82) is 0 Å². The molecule has 0 saturated carbocycles. The van der Waals surface area contributed by atoms with Crippen molar-refractivity contribution in [3.05, 3.63) is 35.9 Å². The van der Waals surface area contributed by atoms with E-state index in [2.05, 4.69) is 10.6 Å². The van der Waals surface area contributed by atoms with Gasteiger partial charge in [0.25, 0.3) is 0 Å². The van der Waals surface area contributed by atoms with Crippen molar-refractivity contribution >= 4 is 29.7 Å². The van der Waals surface area contributed by atoms with Crippen LogP contribution < -0.4 is 10.6 Å². The predicted molar refractivity (Wildman–Crippen MR) is 137 cm³/mol. The Hall–Kier alpha value is -2.26. The third-order valence-electron chi connectivity index (χ3n) is 5.01. The lowest BCUT2D eigenvalue weighted by Crippen LogP contribution is -2.54. The number of nitrogens with zero attached hydrogens (tertiary/aromatic N) is 1. The Morgan fingerprint density at radius 2 is 1.76 bits per heavy atom. The van der Waals surface area contributed by atoms with Gasteiger partial charge in [-0.2, -0.15) is 11.8 Å². The molecule has 0 aliphatic heterocycles. The molecule has 9 heteroatoms. The smallest absolute Gasteiger partial charge is 0.408 e. The van der Waals surface area contributed by atoms with E-state index in [0.717, 1.165) is 12.8 Å². The molecule has 3 N–H and O–H groups in total. The van der Waals surface area contributed by atoms with Crippen molar-refractivity contribution in [3.63, 3.8) is 0 Å². The van der Waals surface area contributed by atoms with E-state index in [1.807, 2.05) is 26.2 Å². The summed E-state index contributed by atoms with van der Waals surface area (Å²) in [6, 6.07) is 7.09. The first-order valence-electron chi connectivity index (χ1n) is 11.8. The highest BCUT2D eigenvalue weighted by Crippen LogP contribution is 2.23. The number of carbonyl (C=O) groups excluding carboxylic acids is 3. The number of rotatable bonds is 13. The molecule has 0 fully saturated rings. The van der Waals surface area contributed by atoms with Gasteiger partial charge in [0, 0.05) is 12.6 Å². The maximum absolute atomic E-state index is 13.7. The molecule has 3 atom stereocenters. The second kappa shape index (κ2) is 14.9. The summed E-state index contributed by atoms with van der Waals surface area (Å²) >= 11 is 1.55. The van der Waals surface area contributed by atoms with E-state index >= 15 is 0 Å². The number of carbonyl (C=O) groups is 3. The number of hydrogen-bond donors (Lipinski definition) is 3. The van der Waals surface area contributed by atoms with E-state index in [9.17, 15) is 19.5 Å². The van der Waals surface area contributed by atoms with Crippen LogP contribution in [0.5, 0.6) is 0 Å². The van der Waals surface area contributed by atoms with Gasteiger partial charge in [-0.05, 0) is 58.1 Å². The highest BCUT2D eigenvalue weighted by atomic mass is 32.2. The van der Waals surface area contributed by atoms with Crippen LogP contribution in [0.1, 0.15) is 65.5 Å². The van der Waals surface area contributed by atoms with Gasteiger partial charge in [0.15, 0.2) is 0 Å². The summed E-state index contributed by atoms with van der Waals surface area (Å²) in [7, 11) is 0. The summed E-state index contributed by atoms with van der Waals surface area (Å²) in [6.07, 6.45) is 3.28. The second-order valence-electron chi connectivity index (χ2n) is 9.25. The molecule has 0 radical (unpaired) electrons. The number of amides is 3. The van der Waals surface area contributed by atoms with Gasteiger partial charge in [-0.1, -0.05) is 43.7 Å². The van der Waals surface area contributed by atoms with Crippen LogP contribution in [0, 0.1) is 0 Å². The summed E-state index contributed by atoms with van der Waals surface area (Å²) < 4.78 is 5.35. The maximum Gasteiger partial charge on any atom is 0.408 e. The van der Waals surface area contributed by atoms with Crippen LogP contribution in [0.2, 0.25) is 0 Å². The van der Waals surface area contributed by atoms with Crippen LogP contribution >= 0.6 is 11.8 Å². The molecule has 34 heavy (non-hydrogen) atoms. The zero-order valence-corrected chi connectivity index (χ0v) is 22.1. The Balaban J connectivity index is 3.31.